The Morgan fingerprint density at radius 1 is 1.10 bits per heavy atom. The van der Waals surface area contributed by atoms with Crippen molar-refractivity contribution in [3.63, 3.8) is 0 Å². The van der Waals surface area contributed by atoms with Crippen molar-refractivity contribution in [2.24, 2.45) is 0 Å². The van der Waals surface area contributed by atoms with Crippen LogP contribution in [0.1, 0.15) is 25.6 Å². The number of carbonyl (C=O) groups is 3. The lowest BCUT2D eigenvalue weighted by Gasteiger charge is -2.38. The van der Waals surface area contributed by atoms with Gasteiger partial charge in [0.15, 0.2) is 11.0 Å². The van der Waals surface area contributed by atoms with Gasteiger partial charge < -0.3 is 19.9 Å². The quantitative estimate of drug-likeness (QED) is 0.263. The topological polar surface area (TPSA) is 166 Å². The van der Waals surface area contributed by atoms with Gasteiger partial charge in [-0.25, -0.2) is 19.7 Å². The van der Waals surface area contributed by atoms with Crippen LogP contribution in [0.2, 0.25) is 0 Å². The van der Waals surface area contributed by atoms with Crippen molar-refractivity contribution in [2.45, 2.75) is 25.4 Å². The highest BCUT2D eigenvalue weighted by molar-refractivity contribution is 7.22. The monoisotopic (exact) mass is 548 g/mol. The Morgan fingerprint density at radius 2 is 1.90 bits per heavy atom. The van der Waals surface area contributed by atoms with E-state index < -0.39 is 17.5 Å². The minimum atomic E-state index is -1.15. The molecule has 200 valence electrons. The van der Waals surface area contributed by atoms with E-state index in [0.717, 1.165) is 21.5 Å². The number of urea groups is 1. The highest BCUT2D eigenvalue weighted by Gasteiger charge is 2.47. The minimum Gasteiger partial charge on any atom is -0.481 e. The molecule has 0 spiro atoms. The first-order valence-electron chi connectivity index (χ1n) is 12.1. The molecule has 0 atom stereocenters. The number of benzene rings is 1. The van der Waals surface area contributed by atoms with E-state index in [0.29, 0.717) is 22.8 Å². The van der Waals surface area contributed by atoms with E-state index in [1.54, 1.807) is 18.6 Å². The Morgan fingerprint density at radius 3 is 2.54 bits per heavy atom. The van der Waals surface area contributed by atoms with Gasteiger partial charge in [-0.2, -0.15) is 0 Å². The van der Waals surface area contributed by atoms with Crippen molar-refractivity contribution in [1.29, 1.82) is 0 Å². The van der Waals surface area contributed by atoms with Gasteiger partial charge in [-0.15, -0.1) is 0 Å². The van der Waals surface area contributed by atoms with E-state index in [-0.39, 0.29) is 37.9 Å². The van der Waals surface area contributed by atoms with Crippen LogP contribution in [0.3, 0.4) is 0 Å². The van der Waals surface area contributed by atoms with Crippen LogP contribution in [0.15, 0.2) is 48.9 Å². The fourth-order valence-electron chi connectivity index (χ4n) is 3.98. The lowest BCUT2D eigenvalue weighted by molar-refractivity contribution is -0.221. The predicted octanol–water partition coefficient (Wildman–Crippen LogP) is 3.59. The number of carbonyl (C=O) groups excluding carboxylic acids is 2. The van der Waals surface area contributed by atoms with E-state index in [1.165, 1.54) is 11.3 Å². The highest BCUT2D eigenvalue weighted by Crippen LogP contribution is 2.38. The molecule has 5 rings (SSSR count). The largest absolute Gasteiger partial charge is 0.481 e. The van der Waals surface area contributed by atoms with Crippen molar-refractivity contribution >= 4 is 44.7 Å². The summed E-state index contributed by atoms with van der Waals surface area (Å²) in [7, 11) is 0. The number of thiazole rings is 1. The predicted molar refractivity (Wildman–Crippen MR) is 142 cm³/mol. The Hall–Kier alpha value is -4.49. The summed E-state index contributed by atoms with van der Waals surface area (Å²) in [4.78, 5) is 53.1. The molecule has 13 heteroatoms. The van der Waals surface area contributed by atoms with Crippen LogP contribution in [-0.2, 0) is 24.7 Å². The molecule has 0 unspecified atom stereocenters. The van der Waals surface area contributed by atoms with Crippen LogP contribution in [0.25, 0.3) is 32.6 Å². The number of rotatable bonds is 9. The summed E-state index contributed by atoms with van der Waals surface area (Å²) in [6.07, 6.45) is 4.37. The fraction of sp³-hybridized carbons (Fsp3) is 0.269. The molecule has 1 saturated heterocycles. The number of hydrogen-bond donors (Lipinski definition) is 3. The Bertz CT molecular complexity index is 1520. The number of esters is 1. The van der Waals surface area contributed by atoms with E-state index >= 15 is 0 Å². The molecule has 1 aromatic carbocycles. The van der Waals surface area contributed by atoms with Crippen LogP contribution in [0.5, 0.6) is 0 Å². The molecule has 2 amide bonds. The standard InChI is InChI=1S/C26H24N6O6S/c1-2-27-24(36)32-25-31-19-10-15(9-17(22(19)39-25)18-5-3-4-8-28-18)16-11-29-23(30-12-16)26(13-37-14-26)38-21(35)7-6-20(33)34/h3-5,8-12H,2,6-7,13-14H2,1H3,(H,33,34)(H2,27,31,32,36). The maximum atomic E-state index is 12.2. The molecule has 4 heterocycles. The van der Waals surface area contributed by atoms with E-state index in [4.69, 9.17) is 14.6 Å². The minimum absolute atomic E-state index is 0.0845. The zero-order valence-corrected chi connectivity index (χ0v) is 21.7. The van der Waals surface area contributed by atoms with Crippen molar-refractivity contribution in [3.8, 4) is 22.4 Å². The third-order valence-electron chi connectivity index (χ3n) is 5.90. The van der Waals surface area contributed by atoms with Crippen molar-refractivity contribution < 1.29 is 29.0 Å². The smallest absolute Gasteiger partial charge is 0.321 e. The van der Waals surface area contributed by atoms with Crippen LogP contribution >= 0.6 is 11.3 Å². The van der Waals surface area contributed by atoms with Crippen LogP contribution in [0, 0.1) is 0 Å². The molecular formula is C26H24N6O6S. The van der Waals surface area contributed by atoms with E-state index in [9.17, 15) is 14.4 Å². The maximum Gasteiger partial charge on any atom is 0.321 e. The number of carboxylic acid groups (broad SMARTS) is 1. The molecule has 0 aliphatic carbocycles. The molecule has 12 nitrogen and oxygen atoms in total. The SMILES string of the molecule is CCNC(=O)Nc1nc2cc(-c3cnc(C4(OC(=O)CCC(=O)O)COC4)nc3)cc(-c3ccccn3)c2s1. The molecule has 1 fully saturated rings. The van der Waals surface area contributed by atoms with Gasteiger partial charge in [-0.1, -0.05) is 17.4 Å². The van der Waals surface area contributed by atoms with Crippen molar-refractivity contribution in [1.82, 2.24) is 25.3 Å². The van der Waals surface area contributed by atoms with Gasteiger partial charge in [-0.3, -0.25) is 19.9 Å². The van der Waals surface area contributed by atoms with E-state index in [2.05, 4.69) is 30.6 Å². The summed E-state index contributed by atoms with van der Waals surface area (Å²) in [5.74, 6) is -1.46. The number of hydrogen-bond acceptors (Lipinski definition) is 10. The average molecular weight is 549 g/mol. The number of anilines is 1. The fourth-order valence-corrected chi connectivity index (χ4v) is 4.94. The number of carboxylic acids is 1. The Balaban J connectivity index is 1.47. The van der Waals surface area contributed by atoms with Crippen molar-refractivity contribution in [3.05, 3.63) is 54.7 Å². The second-order valence-corrected chi connectivity index (χ2v) is 9.74. The summed E-state index contributed by atoms with van der Waals surface area (Å²) in [6.45, 7) is 2.49. The van der Waals surface area contributed by atoms with Crippen LogP contribution < -0.4 is 10.6 Å². The third-order valence-corrected chi connectivity index (χ3v) is 6.92. The summed E-state index contributed by atoms with van der Waals surface area (Å²) < 4.78 is 11.7. The lowest BCUT2D eigenvalue weighted by Crippen LogP contribution is -2.51. The van der Waals surface area contributed by atoms with Gasteiger partial charge >= 0.3 is 18.0 Å². The zero-order chi connectivity index (χ0) is 27.4. The Kier molecular flexibility index (Phi) is 7.43. The maximum absolute atomic E-state index is 12.2. The number of pyridine rings is 1. The van der Waals surface area contributed by atoms with E-state index in [1.807, 2.05) is 37.3 Å². The summed E-state index contributed by atoms with van der Waals surface area (Å²) in [5, 5.41) is 14.7. The average Bonchev–Trinajstić information content (AvgIpc) is 3.32. The number of ether oxygens (including phenoxy) is 2. The lowest BCUT2D eigenvalue weighted by atomic mass is 9.99. The summed E-state index contributed by atoms with van der Waals surface area (Å²) >= 11 is 1.35. The molecule has 3 aromatic heterocycles. The van der Waals surface area contributed by atoms with Gasteiger partial charge in [0.2, 0.25) is 5.60 Å². The number of nitrogens with one attached hydrogen (secondary N) is 2. The third kappa shape index (κ3) is 5.68. The zero-order valence-electron chi connectivity index (χ0n) is 20.8. The summed E-state index contributed by atoms with van der Waals surface area (Å²) in [6, 6.07) is 9.14. The second-order valence-electron chi connectivity index (χ2n) is 8.74. The number of nitrogens with zero attached hydrogens (tertiary/aromatic N) is 4. The number of fused-ring (bicyclic) bond motifs is 1. The molecule has 4 aromatic rings. The first kappa shape index (κ1) is 26.1. The summed E-state index contributed by atoms with van der Waals surface area (Å²) in [5.41, 5.74) is 2.58. The van der Waals surface area contributed by atoms with Gasteiger partial charge in [0.1, 0.15) is 0 Å². The van der Waals surface area contributed by atoms with Crippen molar-refractivity contribution in [2.75, 3.05) is 25.1 Å². The molecule has 39 heavy (non-hydrogen) atoms. The molecule has 1 aliphatic heterocycles. The first-order chi connectivity index (χ1) is 18.9. The van der Waals surface area contributed by atoms with Gasteiger partial charge in [0.05, 0.1) is 42.0 Å². The molecule has 0 radical (unpaired) electrons. The normalized spacial score (nSPS) is 13.9. The Labute approximate surface area is 226 Å². The van der Waals surface area contributed by atoms with Gasteiger partial charge in [0, 0.05) is 36.3 Å². The number of aromatic nitrogens is 4. The second kappa shape index (κ2) is 11.1. The highest BCUT2D eigenvalue weighted by atomic mass is 32.1. The van der Waals surface area contributed by atoms with Crippen LogP contribution in [0.4, 0.5) is 9.93 Å². The van der Waals surface area contributed by atoms with Crippen LogP contribution in [-0.4, -0.2) is 62.8 Å². The molecule has 0 bridgehead atoms. The number of amides is 2. The van der Waals surface area contributed by atoms with Gasteiger partial charge in [-0.05, 0) is 36.8 Å². The molecule has 0 saturated carbocycles. The molecule has 1 aliphatic rings. The first-order valence-corrected chi connectivity index (χ1v) is 12.9. The molecule has 3 N–H and O–H groups in total. The number of aliphatic carboxylic acids is 1. The van der Waals surface area contributed by atoms with Gasteiger partial charge in [0.25, 0.3) is 0 Å². The molecular weight excluding hydrogens is 524 g/mol.